The zero-order valence-electron chi connectivity index (χ0n) is 11.2. The highest BCUT2D eigenvalue weighted by Crippen LogP contribution is 2.37. The average Bonchev–Trinajstić information content (AvgIpc) is 2.41. The summed E-state index contributed by atoms with van der Waals surface area (Å²) in [4.78, 5) is 14.8. The molecular weight excluding hydrogens is 244 g/mol. The molecule has 0 aromatic carbocycles. The molecule has 1 heterocycles. The first-order chi connectivity index (χ1) is 9.13. The maximum absolute atomic E-state index is 11.1. The summed E-state index contributed by atoms with van der Waals surface area (Å²) in [6.45, 7) is 4.25. The van der Waals surface area contributed by atoms with Crippen molar-refractivity contribution in [3.8, 4) is 0 Å². The van der Waals surface area contributed by atoms with E-state index in [4.69, 9.17) is 4.74 Å². The van der Waals surface area contributed by atoms with E-state index in [0.29, 0.717) is 24.7 Å². The number of rotatable bonds is 4. The Morgan fingerprint density at radius 1 is 1.58 bits per heavy atom. The molecule has 2 aliphatic rings. The Bertz CT molecular complexity index is 489. The normalized spacial score (nSPS) is 26.3. The van der Waals surface area contributed by atoms with Crippen LogP contribution in [0.25, 0.3) is 0 Å². The molecule has 0 N–H and O–H groups in total. The number of nitrogens with zero attached hydrogens (tertiary/aromatic N) is 2. The first-order valence-corrected chi connectivity index (χ1v) is 6.50. The molecule has 2 unspecified atom stereocenters. The predicted octanol–water partition coefficient (Wildman–Crippen LogP) is 3.08. The molecule has 1 aliphatic heterocycles. The van der Waals surface area contributed by atoms with Gasteiger partial charge in [-0.1, -0.05) is 11.6 Å². The standard InChI is InChI=1S/C14H18N2O3/c1-3-19-14-9-12(11-4-6-15-7-5-11)10(2)8-13(14)16(17)18/h4,6-8,11-12H,3,5,9H2,1-2H3. The van der Waals surface area contributed by atoms with E-state index in [0.717, 1.165) is 12.0 Å². The van der Waals surface area contributed by atoms with Crippen LogP contribution in [0.4, 0.5) is 0 Å². The zero-order chi connectivity index (χ0) is 13.8. The lowest BCUT2D eigenvalue weighted by Gasteiger charge is -2.28. The molecule has 2 atom stereocenters. The summed E-state index contributed by atoms with van der Waals surface area (Å²) in [7, 11) is 0. The summed E-state index contributed by atoms with van der Waals surface area (Å²) in [6.07, 6.45) is 8.88. The van der Waals surface area contributed by atoms with Gasteiger partial charge in [-0.15, -0.1) is 0 Å². The highest BCUT2D eigenvalue weighted by molar-refractivity contribution is 5.60. The second-order valence-corrected chi connectivity index (χ2v) is 4.77. The molecule has 1 aliphatic carbocycles. The Balaban J connectivity index is 2.24. The van der Waals surface area contributed by atoms with Crippen molar-refractivity contribution in [3.05, 3.63) is 45.5 Å². The second kappa shape index (κ2) is 5.82. The number of nitro groups is 1. The van der Waals surface area contributed by atoms with Crippen molar-refractivity contribution < 1.29 is 9.66 Å². The highest BCUT2D eigenvalue weighted by Gasteiger charge is 2.32. The number of ether oxygens (including phenoxy) is 1. The Morgan fingerprint density at radius 2 is 2.37 bits per heavy atom. The van der Waals surface area contributed by atoms with E-state index in [1.54, 1.807) is 12.3 Å². The summed E-state index contributed by atoms with van der Waals surface area (Å²) < 4.78 is 5.46. The quantitative estimate of drug-likeness (QED) is 0.577. The van der Waals surface area contributed by atoms with Gasteiger partial charge in [0.25, 0.3) is 0 Å². The van der Waals surface area contributed by atoms with Gasteiger partial charge in [0.05, 0.1) is 11.5 Å². The van der Waals surface area contributed by atoms with Crippen molar-refractivity contribution in [2.24, 2.45) is 16.8 Å². The Labute approximate surface area is 112 Å². The van der Waals surface area contributed by atoms with Crippen LogP contribution in [0.5, 0.6) is 0 Å². The van der Waals surface area contributed by atoms with Gasteiger partial charge in [-0.2, -0.15) is 0 Å². The average molecular weight is 262 g/mol. The van der Waals surface area contributed by atoms with Crippen LogP contribution in [-0.4, -0.2) is 17.7 Å². The topological polar surface area (TPSA) is 64.7 Å². The van der Waals surface area contributed by atoms with Crippen LogP contribution >= 0.6 is 0 Å². The Morgan fingerprint density at radius 3 is 2.95 bits per heavy atom. The fraction of sp³-hybridized carbons (Fsp3) is 0.500. The number of hydrogen-bond donors (Lipinski definition) is 0. The number of allylic oxidation sites excluding steroid dienone is 4. The van der Waals surface area contributed by atoms with E-state index in [1.165, 1.54) is 0 Å². The SMILES string of the molecule is CCOC1=C([N+](=O)[O-])C=C(C)C(C2C=CN=CC2)C1. The molecule has 2 rings (SSSR count). The van der Waals surface area contributed by atoms with Gasteiger partial charge < -0.3 is 4.74 Å². The van der Waals surface area contributed by atoms with Gasteiger partial charge in [0.1, 0.15) is 0 Å². The van der Waals surface area contributed by atoms with Gasteiger partial charge >= 0.3 is 5.70 Å². The molecule has 0 spiro atoms. The maximum atomic E-state index is 11.1. The van der Waals surface area contributed by atoms with E-state index >= 15 is 0 Å². The Kier molecular flexibility index (Phi) is 4.14. The first-order valence-electron chi connectivity index (χ1n) is 6.50. The molecule has 0 aromatic rings. The molecule has 5 heteroatoms. The fourth-order valence-corrected chi connectivity index (χ4v) is 2.60. The lowest BCUT2D eigenvalue weighted by molar-refractivity contribution is -0.423. The van der Waals surface area contributed by atoms with Crippen LogP contribution in [0.15, 0.2) is 40.4 Å². The zero-order valence-corrected chi connectivity index (χ0v) is 11.2. The summed E-state index contributed by atoms with van der Waals surface area (Å²) >= 11 is 0. The lowest BCUT2D eigenvalue weighted by atomic mass is 9.78. The molecule has 0 fully saturated rings. The van der Waals surface area contributed by atoms with Crippen molar-refractivity contribution >= 4 is 6.21 Å². The summed E-state index contributed by atoms with van der Waals surface area (Å²) in [5.41, 5.74) is 1.14. The third-order valence-electron chi connectivity index (χ3n) is 3.57. The molecule has 0 saturated carbocycles. The minimum absolute atomic E-state index is 0.101. The van der Waals surface area contributed by atoms with Crippen LogP contribution in [0, 0.1) is 22.0 Å². The number of hydrogen-bond acceptors (Lipinski definition) is 4. The second-order valence-electron chi connectivity index (χ2n) is 4.77. The van der Waals surface area contributed by atoms with Crippen LogP contribution in [0.2, 0.25) is 0 Å². The van der Waals surface area contributed by atoms with E-state index in [2.05, 4.69) is 11.1 Å². The molecule has 0 bridgehead atoms. The van der Waals surface area contributed by atoms with Crippen LogP contribution in [0.1, 0.15) is 26.7 Å². The third kappa shape index (κ3) is 2.92. The van der Waals surface area contributed by atoms with E-state index in [-0.39, 0.29) is 16.5 Å². The van der Waals surface area contributed by atoms with Gasteiger partial charge in [-0.3, -0.25) is 15.1 Å². The van der Waals surface area contributed by atoms with Gasteiger partial charge in [0.2, 0.25) is 0 Å². The smallest absolute Gasteiger partial charge is 0.306 e. The van der Waals surface area contributed by atoms with E-state index < -0.39 is 0 Å². The molecular formula is C14H18N2O3. The first kappa shape index (κ1) is 13.5. The monoisotopic (exact) mass is 262 g/mol. The van der Waals surface area contributed by atoms with Crippen molar-refractivity contribution in [2.75, 3.05) is 6.61 Å². The minimum atomic E-state index is -0.358. The largest absolute Gasteiger partial charge is 0.491 e. The van der Waals surface area contributed by atoms with Gasteiger partial charge in [0, 0.05) is 24.9 Å². The highest BCUT2D eigenvalue weighted by atomic mass is 16.6. The maximum Gasteiger partial charge on any atom is 0.306 e. The molecule has 0 amide bonds. The van der Waals surface area contributed by atoms with Crippen LogP contribution in [-0.2, 0) is 4.74 Å². The van der Waals surface area contributed by atoms with Crippen molar-refractivity contribution in [2.45, 2.75) is 26.7 Å². The van der Waals surface area contributed by atoms with Crippen molar-refractivity contribution in [1.29, 1.82) is 0 Å². The molecule has 0 radical (unpaired) electrons. The fourth-order valence-electron chi connectivity index (χ4n) is 2.60. The van der Waals surface area contributed by atoms with Gasteiger partial charge in [-0.05, 0) is 32.1 Å². The summed E-state index contributed by atoms with van der Waals surface area (Å²) in [6, 6.07) is 0. The molecule has 0 aromatic heterocycles. The van der Waals surface area contributed by atoms with Crippen LogP contribution < -0.4 is 0 Å². The lowest BCUT2D eigenvalue weighted by Crippen LogP contribution is -2.22. The molecule has 0 saturated heterocycles. The molecule has 19 heavy (non-hydrogen) atoms. The predicted molar refractivity (Wildman–Crippen MR) is 73.2 cm³/mol. The van der Waals surface area contributed by atoms with Gasteiger partial charge in [0.15, 0.2) is 5.76 Å². The van der Waals surface area contributed by atoms with Crippen LogP contribution in [0.3, 0.4) is 0 Å². The van der Waals surface area contributed by atoms with E-state index in [1.807, 2.05) is 20.1 Å². The minimum Gasteiger partial charge on any atom is -0.491 e. The summed E-state index contributed by atoms with van der Waals surface area (Å²) in [5, 5.41) is 11.1. The summed E-state index contributed by atoms with van der Waals surface area (Å²) in [5.74, 6) is 1.10. The number of aliphatic imine (C=N–C) groups is 1. The van der Waals surface area contributed by atoms with Gasteiger partial charge in [-0.25, -0.2) is 0 Å². The molecule has 5 nitrogen and oxygen atoms in total. The van der Waals surface area contributed by atoms with E-state index in [9.17, 15) is 10.1 Å². The molecule has 102 valence electrons. The van der Waals surface area contributed by atoms with Crippen molar-refractivity contribution in [3.63, 3.8) is 0 Å². The van der Waals surface area contributed by atoms with Crippen molar-refractivity contribution in [1.82, 2.24) is 0 Å². The Hall–Kier alpha value is -1.91. The third-order valence-corrected chi connectivity index (χ3v) is 3.57.